The van der Waals surface area contributed by atoms with E-state index in [1.54, 1.807) is 0 Å². The third-order valence-electron chi connectivity index (χ3n) is 4.23. The zero-order valence-electron chi connectivity index (χ0n) is 13.3. The van der Waals surface area contributed by atoms with E-state index in [1.807, 2.05) is 55.5 Å². The molecule has 1 heterocycles. The van der Waals surface area contributed by atoms with Gasteiger partial charge in [0.05, 0.1) is 0 Å². The van der Waals surface area contributed by atoms with Gasteiger partial charge in [-0.25, -0.2) is 4.98 Å². The summed E-state index contributed by atoms with van der Waals surface area (Å²) in [4.78, 5) is 4.60. The average molecular weight is 315 g/mol. The van der Waals surface area contributed by atoms with Crippen LogP contribution < -0.4 is 11.5 Å². The summed E-state index contributed by atoms with van der Waals surface area (Å²) in [5.41, 5.74) is 18.7. The number of oxazole rings is 1. The van der Waals surface area contributed by atoms with Crippen LogP contribution >= 0.6 is 0 Å². The van der Waals surface area contributed by atoms with Crippen LogP contribution in [0.1, 0.15) is 5.56 Å². The maximum Gasteiger partial charge on any atom is 0.227 e. The first-order valence-corrected chi connectivity index (χ1v) is 7.74. The molecule has 4 rings (SSSR count). The van der Waals surface area contributed by atoms with E-state index in [1.165, 1.54) is 0 Å². The smallest absolute Gasteiger partial charge is 0.227 e. The standard InChI is InChI=1S/C20H17N3O/c1-12-16(21)9-15(10-17(12)22)20-23-18-11-14(7-8-19(18)24-20)13-5-3-2-4-6-13/h2-11H,21-22H2,1H3. The van der Waals surface area contributed by atoms with Gasteiger partial charge >= 0.3 is 0 Å². The Hall–Kier alpha value is -3.27. The van der Waals surface area contributed by atoms with Crippen LogP contribution in [0, 0.1) is 6.92 Å². The number of anilines is 2. The second kappa shape index (κ2) is 5.42. The Labute approximate surface area is 139 Å². The molecule has 0 saturated heterocycles. The molecule has 3 aromatic carbocycles. The monoisotopic (exact) mass is 315 g/mol. The van der Waals surface area contributed by atoms with Gasteiger partial charge in [-0.1, -0.05) is 36.4 Å². The number of nitrogen functional groups attached to an aromatic ring is 2. The molecule has 0 aliphatic heterocycles. The third kappa shape index (κ3) is 2.38. The molecule has 0 unspecified atom stereocenters. The van der Waals surface area contributed by atoms with E-state index in [0.29, 0.717) is 17.3 Å². The average Bonchev–Trinajstić information content (AvgIpc) is 3.03. The van der Waals surface area contributed by atoms with Crippen LogP contribution in [0.4, 0.5) is 11.4 Å². The molecule has 0 aliphatic rings. The van der Waals surface area contributed by atoms with Crippen molar-refractivity contribution in [2.75, 3.05) is 11.5 Å². The van der Waals surface area contributed by atoms with Gasteiger partial charge in [0.25, 0.3) is 0 Å². The molecule has 0 bridgehead atoms. The van der Waals surface area contributed by atoms with Gasteiger partial charge < -0.3 is 15.9 Å². The number of rotatable bonds is 2. The van der Waals surface area contributed by atoms with Crippen LogP contribution in [-0.2, 0) is 0 Å². The maximum absolute atomic E-state index is 6.00. The van der Waals surface area contributed by atoms with E-state index < -0.39 is 0 Å². The summed E-state index contributed by atoms with van der Waals surface area (Å²) in [5, 5.41) is 0. The van der Waals surface area contributed by atoms with E-state index in [2.05, 4.69) is 17.1 Å². The largest absolute Gasteiger partial charge is 0.436 e. The zero-order valence-corrected chi connectivity index (χ0v) is 13.3. The van der Waals surface area contributed by atoms with Gasteiger partial charge in [0.1, 0.15) is 5.52 Å². The van der Waals surface area contributed by atoms with Crippen LogP contribution in [0.15, 0.2) is 65.1 Å². The molecular formula is C20H17N3O. The van der Waals surface area contributed by atoms with Crippen molar-refractivity contribution in [3.8, 4) is 22.6 Å². The summed E-state index contributed by atoms with van der Waals surface area (Å²) >= 11 is 0. The predicted octanol–water partition coefficient (Wildman–Crippen LogP) is 4.63. The molecular weight excluding hydrogens is 298 g/mol. The minimum Gasteiger partial charge on any atom is -0.436 e. The van der Waals surface area contributed by atoms with Crippen molar-refractivity contribution < 1.29 is 4.42 Å². The Morgan fingerprint density at radius 2 is 1.50 bits per heavy atom. The summed E-state index contributed by atoms with van der Waals surface area (Å²) < 4.78 is 5.87. The number of fused-ring (bicyclic) bond motifs is 1. The number of aromatic nitrogens is 1. The molecule has 4 N–H and O–H groups in total. The molecule has 0 amide bonds. The summed E-state index contributed by atoms with van der Waals surface area (Å²) in [6, 6.07) is 19.9. The van der Waals surface area contributed by atoms with Crippen LogP contribution in [0.25, 0.3) is 33.7 Å². The van der Waals surface area contributed by atoms with Crippen molar-refractivity contribution in [1.29, 1.82) is 0 Å². The quantitative estimate of drug-likeness (QED) is 0.528. The molecule has 0 fully saturated rings. The highest BCUT2D eigenvalue weighted by Crippen LogP contribution is 2.31. The second-order valence-corrected chi connectivity index (χ2v) is 5.85. The van der Waals surface area contributed by atoms with Crippen molar-refractivity contribution in [1.82, 2.24) is 4.98 Å². The minimum atomic E-state index is 0.522. The summed E-state index contributed by atoms with van der Waals surface area (Å²) in [7, 11) is 0. The van der Waals surface area contributed by atoms with Gasteiger partial charge in [-0.3, -0.25) is 0 Å². The molecule has 118 valence electrons. The van der Waals surface area contributed by atoms with E-state index in [4.69, 9.17) is 15.9 Å². The molecule has 4 heteroatoms. The number of nitrogens with two attached hydrogens (primary N) is 2. The van der Waals surface area contributed by atoms with Gasteiger partial charge in [-0.15, -0.1) is 0 Å². The van der Waals surface area contributed by atoms with Crippen molar-refractivity contribution in [2.24, 2.45) is 0 Å². The van der Waals surface area contributed by atoms with Crippen molar-refractivity contribution in [2.45, 2.75) is 6.92 Å². The highest BCUT2D eigenvalue weighted by atomic mass is 16.3. The molecule has 4 aromatic rings. The normalized spacial score (nSPS) is 11.0. The molecule has 24 heavy (non-hydrogen) atoms. The van der Waals surface area contributed by atoms with Crippen LogP contribution in [0.2, 0.25) is 0 Å². The first-order chi connectivity index (χ1) is 11.6. The maximum atomic E-state index is 6.00. The Morgan fingerprint density at radius 3 is 2.21 bits per heavy atom. The number of benzene rings is 3. The highest BCUT2D eigenvalue weighted by molar-refractivity contribution is 5.83. The molecule has 1 aromatic heterocycles. The molecule has 0 aliphatic carbocycles. The lowest BCUT2D eigenvalue weighted by Crippen LogP contribution is -1.96. The Kier molecular flexibility index (Phi) is 3.24. The molecule has 0 radical (unpaired) electrons. The highest BCUT2D eigenvalue weighted by Gasteiger charge is 2.12. The zero-order chi connectivity index (χ0) is 16.7. The summed E-state index contributed by atoms with van der Waals surface area (Å²) in [5.74, 6) is 0.522. The fourth-order valence-corrected chi connectivity index (χ4v) is 2.74. The first-order valence-electron chi connectivity index (χ1n) is 7.74. The predicted molar refractivity (Wildman–Crippen MR) is 98.4 cm³/mol. The van der Waals surface area contributed by atoms with Crippen LogP contribution in [0.3, 0.4) is 0 Å². The van der Waals surface area contributed by atoms with E-state index in [-0.39, 0.29) is 0 Å². The number of hydrogen-bond acceptors (Lipinski definition) is 4. The first kappa shape index (κ1) is 14.3. The van der Waals surface area contributed by atoms with Crippen molar-refractivity contribution >= 4 is 22.5 Å². The Morgan fingerprint density at radius 1 is 0.792 bits per heavy atom. The Balaban J connectivity index is 1.82. The topological polar surface area (TPSA) is 78.1 Å². The van der Waals surface area contributed by atoms with Crippen LogP contribution in [0.5, 0.6) is 0 Å². The van der Waals surface area contributed by atoms with E-state index in [9.17, 15) is 0 Å². The lowest BCUT2D eigenvalue weighted by Gasteiger charge is -2.05. The van der Waals surface area contributed by atoms with Gasteiger partial charge in [0, 0.05) is 16.9 Å². The van der Waals surface area contributed by atoms with E-state index in [0.717, 1.165) is 33.4 Å². The van der Waals surface area contributed by atoms with Gasteiger partial charge in [-0.2, -0.15) is 0 Å². The third-order valence-corrected chi connectivity index (χ3v) is 4.23. The molecule has 4 nitrogen and oxygen atoms in total. The summed E-state index contributed by atoms with van der Waals surface area (Å²) in [6.45, 7) is 1.90. The number of hydrogen-bond donors (Lipinski definition) is 2. The number of nitrogens with zero attached hydrogens (tertiary/aromatic N) is 1. The molecule has 0 spiro atoms. The van der Waals surface area contributed by atoms with Crippen molar-refractivity contribution in [3.63, 3.8) is 0 Å². The van der Waals surface area contributed by atoms with E-state index >= 15 is 0 Å². The van der Waals surface area contributed by atoms with Crippen molar-refractivity contribution in [3.05, 3.63) is 66.2 Å². The lowest BCUT2D eigenvalue weighted by atomic mass is 10.1. The minimum absolute atomic E-state index is 0.522. The second-order valence-electron chi connectivity index (χ2n) is 5.85. The molecule has 0 saturated carbocycles. The fourth-order valence-electron chi connectivity index (χ4n) is 2.74. The Bertz CT molecular complexity index is 1010. The molecule has 0 atom stereocenters. The van der Waals surface area contributed by atoms with Crippen LogP contribution in [-0.4, -0.2) is 4.98 Å². The van der Waals surface area contributed by atoms with Gasteiger partial charge in [0.15, 0.2) is 5.58 Å². The summed E-state index contributed by atoms with van der Waals surface area (Å²) in [6.07, 6.45) is 0. The fraction of sp³-hybridized carbons (Fsp3) is 0.0500. The SMILES string of the molecule is Cc1c(N)cc(-c2nc3cc(-c4ccccc4)ccc3o2)cc1N. The van der Waals surface area contributed by atoms with Gasteiger partial charge in [0.2, 0.25) is 5.89 Å². The lowest BCUT2D eigenvalue weighted by molar-refractivity contribution is 0.620. The van der Waals surface area contributed by atoms with Gasteiger partial charge in [-0.05, 0) is 47.9 Å².